The van der Waals surface area contributed by atoms with Crippen molar-refractivity contribution in [2.45, 2.75) is 25.8 Å². The largest absolute Gasteiger partial charge is 0.392 e. The maximum Gasteiger partial charge on any atom is 0.261 e. The van der Waals surface area contributed by atoms with Gasteiger partial charge in [0.2, 0.25) is 0 Å². The van der Waals surface area contributed by atoms with Crippen molar-refractivity contribution in [3.05, 3.63) is 21.9 Å². The molecule has 0 spiro atoms. The van der Waals surface area contributed by atoms with Crippen molar-refractivity contribution in [3.8, 4) is 0 Å². The summed E-state index contributed by atoms with van der Waals surface area (Å²) in [6.07, 6.45) is 1.91. The van der Waals surface area contributed by atoms with E-state index in [-0.39, 0.29) is 11.9 Å². The first-order valence-corrected chi connectivity index (χ1v) is 7.65. The lowest BCUT2D eigenvalue weighted by atomic mass is 10.0. The van der Waals surface area contributed by atoms with Gasteiger partial charge in [0.25, 0.3) is 5.91 Å². The van der Waals surface area contributed by atoms with Crippen molar-refractivity contribution in [1.82, 2.24) is 10.2 Å². The minimum atomic E-state index is 0.0471. The number of aryl methyl sites for hydroxylation is 1. The third-order valence-corrected chi connectivity index (χ3v) is 4.39. The highest BCUT2D eigenvalue weighted by Crippen LogP contribution is 2.16. The van der Waals surface area contributed by atoms with E-state index in [0.29, 0.717) is 11.5 Å². The van der Waals surface area contributed by atoms with Crippen LogP contribution in [0.1, 0.15) is 27.4 Å². The summed E-state index contributed by atoms with van der Waals surface area (Å²) in [7, 11) is 0. The minimum absolute atomic E-state index is 0.0471. The second-order valence-electron chi connectivity index (χ2n) is 4.90. The number of thiocarbonyl (C=S) groups is 1. The van der Waals surface area contributed by atoms with Gasteiger partial charge in [-0.25, -0.2) is 0 Å². The van der Waals surface area contributed by atoms with E-state index >= 15 is 0 Å². The van der Waals surface area contributed by atoms with Gasteiger partial charge in [0.1, 0.15) is 0 Å². The third-order valence-electron chi connectivity index (χ3n) is 3.27. The molecule has 1 aliphatic rings. The third kappa shape index (κ3) is 4.26. The average Bonchev–Trinajstić information content (AvgIpc) is 2.78. The second kappa shape index (κ2) is 6.45. The molecule has 3 N–H and O–H groups in total. The topological polar surface area (TPSA) is 58.4 Å². The van der Waals surface area contributed by atoms with Crippen molar-refractivity contribution < 1.29 is 4.79 Å². The Morgan fingerprint density at radius 3 is 2.74 bits per heavy atom. The zero-order chi connectivity index (χ0) is 13.8. The average molecular weight is 297 g/mol. The van der Waals surface area contributed by atoms with Gasteiger partial charge in [-0.15, -0.1) is 11.3 Å². The molecule has 1 fully saturated rings. The molecule has 0 aromatic carbocycles. The number of nitrogens with two attached hydrogens (primary N) is 1. The summed E-state index contributed by atoms with van der Waals surface area (Å²) < 4.78 is 0. The predicted octanol–water partition coefficient (Wildman–Crippen LogP) is 1.54. The van der Waals surface area contributed by atoms with E-state index < -0.39 is 0 Å². The first kappa shape index (κ1) is 14.4. The molecule has 104 valence electrons. The molecule has 0 aliphatic carbocycles. The number of nitrogens with zero attached hydrogens (tertiary/aromatic N) is 1. The Morgan fingerprint density at radius 1 is 1.53 bits per heavy atom. The number of nitrogens with one attached hydrogen (secondary N) is 1. The fourth-order valence-electron chi connectivity index (χ4n) is 2.27. The Labute approximate surface area is 123 Å². The summed E-state index contributed by atoms with van der Waals surface area (Å²) >= 11 is 6.45. The zero-order valence-electron chi connectivity index (χ0n) is 11.0. The fourth-order valence-corrected chi connectivity index (χ4v) is 3.22. The van der Waals surface area contributed by atoms with E-state index in [1.807, 2.05) is 19.1 Å². The van der Waals surface area contributed by atoms with Gasteiger partial charge in [0, 0.05) is 30.6 Å². The number of carbonyl (C=O) groups excluding carboxylic acids is 1. The highest BCUT2D eigenvalue weighted by atomic mass is 32.1. The molecule has 1 aliphatic heterocycles. The molecule has 2 heterocycles. The zero-order valence-corrected chi connectivity index (χ0v) is 12.6. The van der Waals surface area contributed by atoms with Crippen molar-refractivity contribution in [3.63, 3.8) is 0 Å². The van der Waals surface area contributed by atoms with Gasteiger partial charge < -0.3 is 11.1 Å². The molecule has 0 saturated carbocycles. The Balaban J connectivity index is 1.79. The Kier molecular flexibility index (Phi) is 4.90. The van der Waals surface area contributed by atoms with Crippen molar-refractivity contribution in [2.24, 2.45) is 5.73 Å². The Morgan fingerprint density at radius 2 is 2.21 bits per heavy atom. The summed E-state index contributed by atoms with van der Waals surface area (Å²) in [6.45, 7) is 4.56. The van der Waals surface area contributed by atoms with E-state index in [9.17, 15) is 4.79 Å². The molecule has 1 aromatic rings. The van der Waals surface area contributed by atoms with E-state index in [2.05, 4.69) is 10.2 Å². The lowest BCUT2D eigenvalue weighted by Crippen LogP contribution is -2.46. The molecule has 4 nitrogen and oxygen atoms in total. The summed E-state index contributed by atoms with van der Waals surface area (Å²) in [5, 5.41) is 3.10. The predicted molar refractivity (Wildman–Crippen MR) is 82.8 cm³/mol. The van der Waals surface area contributed by atoms with Crippen molar-refractivity contribution in [1.29, 1.82) is 0 Å². The van der Waals surface area contributed by atoms with Crippen LogP contribution in [0.2, 0.25) is 0 Å². The van der Waals surface area contributed by atoms with Crippen LogP contribution in [0.5, 0.6) is 0 Å². The lowest BCUT2D eigenvalue weighted by molar-refractivity contribution is 0.0919. The fraction of sp³-hybridized carbons (Fsp3) is 0.538. The van der Waals surface area contributed by atoms with Crippen LogP contribution < -0.4 is 11.1 Å². The van der Waals surface area contributed by atoms with Crippen LogP contribution in [0.3, 0.4) is 0 Å². The van der Waals surface area contributed by atoms with Crippen LogP contribution in [0.4, 0.5) is 0 Å². The van der Waals surface area contributed by atoms with Crippen LogP contribution in [-0.4, -0.2) is 41.5 Å². The van der Waals surface area contributed by atoms with E-state index in [4.69, 9.17) is 18.0 Å². The van der Waals surface area contributed by atoms with Gasteiger partial charge in [0.15, 0.2) is 0 Å². The monoisotopic (exact) mass is 297 g/mol. The number of likely N-dealkylation sites (tertiary alicyclic amines) is 1. The molecule has 1 aromatic heterocycles. The lowest BCUT2D eigenvalue weighted by Gasteiger charge is -2.31. The van der Waals surface area contributed by atoms with Crippen LogP contribution in [0.25, 0.3) is 0 Å². The number of thiophene rings is 1. The van der Waals surface area contributed by atoms with Crippen LogP contribution in [0, 0.1) is 6.92 Å². The van der Waals surface area contributed by atoms with Crippen molar-refractivity contribution in [2.75, 3.05) is 19.6 Å². The first-order valence-electron chi connectivity index (χ1n) is 6.42. The molecule has 0 unspecified atom stereocenters. The Hall–Kier alpha value is -0.980. The molecular formula is C13H19N3OS2. The van der Waals surface area contributed by atoms with Gasteiger partial charge >= 0.3 is 0 Å². The van der Waals surface area contributed by atoms with E-state index in [1.54, 1.807) is 0 Å². The molecule has 19 heavy (non-hydrogen) atoms. The molecule has 1 amide bonds. The van der Waals surface area contributed by atoms with E-state index in [0.717, 1.165) is 35.7 Å². The summed E-state index contributed by atoms with van der Waals surface area (Å²) in [4.78, 5) is 16.8. The molecule has 0 radical (unpaired) electrons. The van der Waals surface area contributed by atoms with Gasteiger partial charge in [-0.3, -0.25) is 9.69 Å². The number of hydrogen-bond donors (Lipinski definition) is 2. The second-order valence-corrected chi connectivity index (χ2v) is 6.71. The summed E-state index contributed by atoms with van der Waals surface area (Å²) in [5.41, 5.74) is 5.54. The van der Waals surface area contributed by atoms with Gasteiger partial charge in [-0.05, 0) is 31.9 Å². The normalized spacial score (nSPS) is 17.3. The number of amides is 1. The standard InChI is InChI=1S/C13H19N3OS2/c1-9-2-3-11(19-9)13(17)15-10-4-6-16(7-5-10)8-12(14)18/h2-3,10H,4-8H2,1H3,(H2,14,18)(H,15,17). The number of piperidine rings is 1. The molecule has 6 heteroatoms. The van der Waals surface area contributed by atoms with Crippen LogP contribution >= 0.6 is 23.6 Å². The smallest absolute Gasteiger partial charge is 0.261 e. The molecular weight excluding hydrogens is 278 g/mol. The number of hydrogen-bond acceptors (Lipinski definition) is 4. The quantitative estimate of drug-likeness (QED) is 0.828. The highest BCUT2D eigenvalue weighted by molar-refractivity contribution is 7.80. The molecule has 2 rings (SSSR count). The Bertz CT molecular complexity index is 464. The SMILES string of the molecule is Cc1ccc(C(=O)NC2CCN(CC(N)=S)CC2)s1. The molecule has 0 bridgehead atoms. The number of carbonyl (C=O) groups is 1. The van der Waals surface area contributed by atoms with Gasteiger partial charge in [-0.1, -0.05) is 12.2 Å². The van der Waals surface area contributed by atoms with Crippen molar-refractivity contribution >= 4 is 34.5 Å². The highest BCUT2D eigenvalue weighted by Gasteiger charge is 2.21. The molecule has 0 atom stereocenters. The van der Waals surface area contributed by atoms with Gasteiger partial charge in [0.05, 0.1) is 9.87 Å². The number of rotatable bonds is 4. The summed E-state index contributed by atoms with van der Waals surface area (Å²) in [6, 6.07) is 4.12. The first-order chi connectivity index (χ1) is 9.04. The maximum atomic E-state index is 12.0. The van der Waals surface area contributed by atoms with Crippen LogP contribution in [-0.2, 0) is 0 Å². The van der Waals surface area contributed by atoms with E-state index in [1.165, 1.54) is 11.3 Å². The van der Waals surface area contributed by atoms with Gasteiger partial charge in [-0.2, -0.15) is 0 Å². The maximum absolute atomic E-state index is 12.0. The minimum Gasteiger partial charge on any atom is -0.392 e. The van der Waals surface area contributed by atoms with Crippen LogP contribution in [0.15, 0.2) is 12.1 Å². The molecule has 1 saturated heterocycles. The summed E-state index contributed by atoms with van der Waals surface area (Å²) in [5.74, 6) is 0.0471.